The highest BCUT2D eigenvalue weighted by Crippen LogP contribution is 2.64. The minimum Gasteiger partial charge on any atom is -0.374 e. The Balaban J connectivity index is 0.779. The molecule has 3 aliphatic heterocycles. The number of rotatable bonds is 4. The van der Waals surface area contributed by atoms with Crippen molar-refractivity contribution in [2.75, 3.05) is 0 Å². The molecule has 0 spiro atoms. The van der Waals surface area contributed by atoms with Gasteiger partial charge in [0.25, 0.3) is 0 Å². The van der Waals surface area contributed by atoms with E-state index in [-0.39, 0.29) is 0 Å². The van der Waals surface area contributed by atoms with Gasteiger partial charge in [-0.25, -0.2) is 0 Å². The maximum absolute atomic E-state index is 6.86. The van der Waals surface area contributed by atoms with Gasteiger partial charge in [0.05, 0.1) is 12.2 Å². The molecule has 0 amide bonds. The Bertz CT molecular complexity index is 1140. The van der Waals surface area contributed by atoms with Gasteiger partial charge >= 0.3 is 0 Å². The SMILES string of the molecule is C1CCC(C2CCC3C(C2)C2CC(C4CCCCC4)CCC2N3C2CCC(C3CCCC4C5CCC6OC7CCCCC7C6C5SC34)CC2)CC1. The largest absolute Gasteiger partial charge is 0.374 e. The molecular weight excluding hydrogens is 639 g/mol. The molecule has 51 heavy (non-hydrogen) atoms. The van der Waals surface area contributed by atoms with E-state index in [1.807, 2.05) is 0 Å². The van der Waals surface area contributed by atoms with E-state index in [9.17, 15) is 0 Å². The Hall–Kier alpha value is 0.270. The summed E-state index contributed by atoms with van der Waals surface area (Å²) in [5.74, 6) is 12.5. The quantitative estimate of drug-likeness (QED) is 0.287. The molecule has 0 bridgehead atoms. The molecule has 0 aromatic heterocycles. The lowest BCUT2D eigenvalue weighted by atomic mass is 9.62. The van der Waals surface area contributed by atoms with Crippen LogP contribution in [0.3, 0.4) is 0 Å². The van der Waals surface area contributed by atoms with Crippen molar-refractivity contribution in [1.29, 1.82) is 0 Å². The maximum Gasteiger partial charge on any atom is 0.0621 e. The van der Waals surface area contributed by atoms with Crippen LogP contribution in [0.25, 0.3) is 0 Å². The third kappa shape index (κ3) is 6.13. The lowest BCUT2D eigenvalue weighted by Crippen LogP contribution is -2.49. The second-order valence-electron chi connectivity index (χ2n) is 21.7. The van der Waals surface area contributed by atoms with Gasteiger partial charge < -0.3 is 4.74 Å². The number of fused-ring (bicyclic) bond motifs is 10. The molecule has 3 heteroatoms. The van der Waals surface area contributed by atoms with Crippen LogP contribution in [0.2, 0.25) is 0 Å². The Morgan fingerprint density at radius 2 is 0.922 bits per heavy atom. The highest BCUT2D eigenvalue weighted by atomic mass is 32.2. The summed E-state index contributed by atoms with van der Waals surface area (Å²) in [6.07, 6.45) is 46.0. The van der Waals surface area contributed by atoms with Crippen LogP contribution in [0.5, 0.6) is 0 Å². The molecule has 0 aromatic carbocycles. The van der Waals surface area contributed by atoms with Gasteiger partial charge in [0, 0.05) is 34.5 Å². The number of nitrogens with zero attached hydrogens (tertiary/aromatic N) is 1. The first-order valence-corrected chi connectivity index (χ1v) is 25.3. The summed E-state index contributed by atoms with van der Waals surface area (Å²) in [6.45, 7) is 0. The van der Waals surface area contributed by atoms with E-state index in [1.165, 1.54) is 51.4 Å². The molecule has 2 nitrogen and oxygen atoms in total. The molecule has 11 aliphatic rings. The minimum atomic E-state index is 0.629. The van der Waals surface area contributed by atoms with Crippen LogP contribution in [-0.2, 0) is 4.74 Å². The van der Waals surface area contributed by atoms with Gasteiger partial charge in [0.1, 0.15) is 0 Å². The fraction of sp³-hybridized carbons (Fsp3) is 1.00. The van der Waals surface area contributed by atoms with Crippen molar-refractivity contribution < 1.29 is 4.74 Å². The molecule has 0 radical (unpaired) electrons. The number of hydrogen-bond acceptors (Lipinski definition) is 3. The van der Waals surface area contributed by atoms with Crippen LogP contribution in [0.15, 0.2) is 0 Å². The average Bonchev–Trinajstić information content (AvgIpc) is 3.87. The molecule has 8 saturated carbocycles. The van der Waals surface area contributed by atoms with Crippen LogP contribution in [-0.4, -0.2) is 45.7 Å². The minimum absolute atomic E-state index is 0.629. The number of hydrogen-bond donors (Lipinski definition) is 0. The Morgan fingerprint density at radius 1 is 0.353 bits per heavy atom. The Kier molecular flexibility index (Phi) is 9.91. The third-order valence-electron chi connectivity index (χ3n) is 19.9. The topological polar surface area (TPSA) is 12.5 Å². The van der Waals surface area contributed by atoms with Gasteiger partial charge in [0.2, 0.25) is 0 Å². The van der Waals surface area contributed by atoms with Gasteiger partial charge in [-0.15, -0.1) is 0 Å². The zero-order valence-corrected chi connectivity index (χ0v) is 33.6. The van der Waals surface area contributed by atoms with E-state index in [2.05, 4.69) is 16.7 Å². The predicted molar refractivity (Wildman–Crippen MR) is 213 cm³/mol. The summed E-state index contributed by atoms with van der Waals surface area (Å²) < 4.78 is 6.86. The summed E-state index contributed by atoms with van der Waals surface area (Å²) in [5.41, 5.74) is 0. The molecule has 3 saturated heterocycles. The molecule has 8 aliphatic carbocycles. The van der Waals surface area contributed by atoms with Crippen molar-refractivity contribution in [1.82, 2.24) is 4.90 Å². The average molecular weight is 716 g/mol. The third-order valence-corrected chi connectivity index (χ3v) is 21.9. The summed E-state index contributed by atoms with van der Waals surface area (Å²) in [4.78, 5) is 3.38. The van der Waals surface area contributed by atoms with Gasteiger partial charge in [0.15, 0.2) is 0 Å². The highest BCUT2D eigenvalue weighted by molar-refractivity contribution is 8.00. The lowest BCUT2D eigenvalue weighted by molar-refractivity contribution is -0.00320. The summed E-state index contributed by atoms with van der Waals surface area (Å²) >= 11 is 2.60. The monoisotopic (exact) mass is 716 g/mol. The summed E-state index contributed by atoms with van der Waals surface area (Å²) in [7, 11) is 0. The van der Waals surface area contributed by atoms with Gasteiger partial charge in [-0.2, -0.15) is 11.8 Å². The van der Waals surface area contributed by atoms with E-state index in [0.717, 1.165) is 99.6 Å². The summed E-state index contributed by atoms with van der Waals surface area (Å²) in [5, 5.41) is 1.96. The van der Waals surface area contributed by atoms with Crippen LogP contribution >= 0.6 is 11.8 Å². The second-order valence-corrected chi connectivity index (χ2v) is 23.1. The van der Waals surface area contributed by atoms with E-state index in [4.69, 9.17) is 4.74 Å². The zero-order valence-electron chi connectivity index (χ0n) is 32.7. The van der Waals surface area contributed by atoms with Gasteiger partial charge in [-0.1, -0.05) is 83.5 Å². The van der Waals surface area contributed by atoms with E-state index in [0.29, 0.717) is 12.2 Å². The van der Waals surface area contributed by atoms with E-state index >= 15 is 0 Å². The smallest absolute Gasteiger partial charge is 0.0621 e. The molecule has 11 rings (SSSR count). The lowest BCUT2D eigenvalue weighted by Gasteiger charge is -2.47. The molecule has 0 aromatic rings. The fourth-order valence-corrected chi connectivity index (χ4v) is 20.4. The number of likely N-dealkylation sites (tertiary alicyclic amines) is 1. The first-order chi connectivity index (χ1) is 25.3. The van der Waals surface area contributed by atoms with Crippen molar-refractivity contribution in [3.63, 3.8) is 0 Å². The van der Waals surface area contributed by atoms with Crippen molar-refractivity contribution in [2.45, 2.75) is 227 Å². The molecule has 15 atom stereocenters. The molecular formula is C48H77NOS. The number of ether oxygens (including phenoxy) is 1. The Morgan fingerprint density at radius 3 is 1.61 bits per heavy atom. The highest BCUT2D eigenvalue weighted by Gasteiger charge is 2.60. The molecule has 3 heterocycles. The van der Waals surface area contributed by atoms with Crippen molar-refractivity contribution >= 4 is 11.8 Å². The van der Waals surface area contributed by atoms with Gasteiger partial charge in [-0.3, -0.25) is 4.90 Å². The van der Waals surface area contributed by atoms with Crippen molar-refractivity contribution in [2.24, 2.45) is 71.0 Å². The van der Waals surface area contributed by atoms with Crippen LogP contribution in [0.1, 0.15) is 186 Å². The van der Waals surface area contributed by atoms with E-state index in [1.54, 1.807) is 135 Å². The zero-order chi connectivity index (χ0) is 33.5. The Labute approximate surface area is 318 Å². The van der Waals surface area contributed by atoms with Crippen molar-refractivity contribution in [3.8, 4) is 0 Å². The molecule has 11 fully saturated rings. The first-order valence-electron chi connectivity index (χ1n) is 24.4. The first kappa shape index (κ1) is 34.5. The molecule has 15 unspecified atom stereocenters. The fourth-order valence-electron chi connectivity index (χ4n) is 17.9. The maximum atomic E-state index is 6.86. The van der Waals surface area contributed by atoms with Crippen LogP contribution in [0, 0.1) is 71.0 Å². The summed E-state index contributed by atoms with van der Waals surface area (Å²) in [6, 6.07) is 2.85. The molecule has 0 N–H and O–H groups in total. The van der Waals surface area contributed by atoms with Crippen molar-refractivity contribution in [3.05, 3.63) is 0 Å². The second kappa shape index (κ2) is 14.6. The van der Waals surface area contributed by atoms with E-state index < -0.39 is 0 Å². The van der Waals surface area contributed by atoms with Crippen LogP contribution < -0.4 is 0 Å². The predicted octanol–water partition coefficient (Wildman–Crippen LogP) is 12.5. The standard InChI is InChI=1S/C48H77NOS/c1-3-10-30(11-4-1)33-20-25-42-40(28-33)41-29-34(31-12-5-2-6-13-31)21-26-43(41)49(42)35-22-18-32(19-23-35)36-15-9-16-37-38-24-27-45-46(48(38)51-47(36)37)39-14-7-8-17-44(39)50-45/h30-48H,1-29H2. The normalized spacial score (nSPS) is 53.8. The number of thioether (sulfide) groups is 1. The molecule has 286 valence electrons. The van der Waals surface area contributed by atoms with Crippen LogP contribution in [0.4, 0.5) is 0 Å². The van der Waals surface area contributed by atoms with Gasteiger partial charge in [-0.05, 0) is 168 Å².